The Balaban J connectivity index is 2.26. The lowest BCUT2D eigenvalue weighted by atomic mass is 10.1. The lowest BCUT2D eigenvalue weighted by molar-refractivity contribution is 0.102. The van der Waals surface area contributed by atoms with Gasteiger partial charge in [-0.2, -0.15) is 0 Å². The third kappa shape index (κ3) is 3.16. The van der Waals surface area contributed by atoms with Crippen molar-refractivity contribution in [3.63, 3.8) is 0 Å². The van der Waals surface area contributed by atoms with Crippen molar-refractivity contribution < 1.29 is 4.79 Å². The summed E-state index contributed by atoms with van der Waals surface area (Å²) in [4.78, 5) is 12.9. The maximum Gasteiger partial charge on any atom is 0.269 e. The smallest absolute Gasteiger partial charge is 0.269 e. The normalized spacial score (nSPS) is 10.6. The second-order valence-corrected chi connectivity index (χ2v) is 6.11. The van der Waals surface area contributed by atoms with E-state index in [9.17, 15) is 4.79 Å². The van der Waals surface area contributed by atoms with E-state index in [1.54, 1.807) is 6.07 Å². The first-order valence-corrected chi connectivity index (χ1v) is 7.77. The van der Waals surface area contributed by atoms with Gasteiger partial charge in [0.2, 0.25) is 0 Å². The average molecular weight is 355 g/mol. The van der Waals surface area contributed by atoms with Crippen molar-refractivity contribution in [3.8, 4) is 0 Å². The van der Waals surface area contributed by atoms with Crippen LogP contribution in [0.3, 0.4) is 0 Å². The van der Waals surface area contributed by atoms with Crippen LogP contribution in [0.2, 0.25) is 0 Å². The van der Waals surface area contributed by atoms with Crippen LogP contribution < -0.4 is 11.1 Å². The summed E-state index contributed by atoms with van der Waals surface area (Å²) in [7, 11) is 0. The van der Waals surface area contributed by atoms with Crippen LogP contribution in [-0.4, -0.2) is 15.5 Å². The molecule has 7 heteroatoms. The van der Waals surface area contributed by atoms with Gasteiger partial charge >= 0.3 is 0 Å². The summed E-state index contributed by atoms with van der Waals surface area (Å²) >= 11 is 4.48. The van der Waals surface area contributed by atoms with Crippen molar-refractivity contribution in [1.82, 2.24) is 9.59 Å². The molecule has 3 N–H and O–H groups in total. The zero-order chi connectivity index (χ0) is 14.7. The summed E-state index contributed by atoms with van der Waals surface area (Å²) in [5, 5.41) is 6.85. The van der Waals surface area contributed by atoms with Crippen molar-refractivity contribution in [2.45, 2.75) is 26.7 Å². The lowest BCUT2D eigenvalue weighted by Gasteiger charge is -2.11. The standard InChI is InChI=1S/C13H15BrN4OS/c1-3-4-10-12(20-18-17-10)13(19)16-11-7(2)5-8(14)6-9(11)15/h5-6H,3-4,15H2,1-2H3,(H,16,19). The van der Waals surface area contributed by atoms with Crippen LogP contribution in [0.1, 0.15) is 34.3 Å². The fourth-order valence-electron chi connectivity index (χ4n) is 1.89. The van der Waals surface area contributed by atoms with Crippen LogP contribution in [0, 0.1) is 6.92 Å². The number of rotatable bonds is 4. The van der Waals surface area contributed by atoms with E-state index in [4.69, 9.17) is 5.73 Å². The van der Waals surface area contributed by atoms with Crippen molar-refractivity contribution in [2.75, 3.05) is 11.1 Å². The Morgan fingerprint density at radius 2 is 2.25 bits per heavy atom. The first-order chi connectivity index (χ1) is 9.52. The molecule has 106 valence electrons. The second kappa shape index (κ2) is 6.32. The first-order valence-electron chi connectivity index (χ1n) is 6.21. The van der Waals surface area contributed by atoms with Gasteiger partial charge in [-0.1, -0.05) is 33.8 Å². The molecule has 0 aliphatic heterocycles. The zero-order valence-electron chi connectivity index (χ0n) is 11.2. The van der Waals surface area contributed by atoms with E-state index in [2.05, 4.69) is 30.8 Å². The number of nitrogen functional groups attached to an aromatic ring is 1. The van der Waals surface area contributed by atoms with Gasteiger partial charge in [0.05, 0.1) is 17.1 Å². The number of nitrogens with one attached hydrogen (secondary N) is 1. The molecule has 1 aromatic heterocycles. The van der Waals surface area contributed by atoms with E-state index in [-0.39, 0.29) is 5.91 Å². The van der Waals surface area contributed by atoms with Crippen LogP contribution in [0.15, 0.2) is 16.6 Å². The minimum absolute atomic E-state index is 0.208. The number of benzene rings is 1. The molecule has 2 rings (SSSR count). The van der Waals surface area contributed by atoms with Crippen molar-refractivity contribution in [1.29, 1.82) is 0 Å². The Hall–Kier alpha value is -1.47. The van der Waals surface area contributed by atoms with Crippen LogP contribution in [-0.2, 0) is 6.42 Å². The van der Waals surface area contributed by atoms with Crippen LogP contribution in [0.5, 0.6) is 0 Å². The van der Waals surface area contributed by atoms with Gasteiger partial charge in [-0.05, 0) is 42.6 Å². The number of amides is 1. The molecule has 2 aromatic rings. The van der Waals surface area contributed by atoms with E-state index in [1.165, 1.54) is 0 Å². The zero-order valence-corrected chi connectivity index (χ0v) is 13.6. The van der Waals surface area contributed by atoms with Gasteiger partial charge in [0.1, 0.15) is 4.88 Å². The molecule has 0 aliphatic rings. The Morgan fingerprint density at radius 3 is 2.90 bits per heavy atom. The third-order valence-electron chi connectivity index (χ3n) is 2.82. The van der Waals surface area contributed by atoms with E-state index in [1.807, 2.05) is 19.9 Å². The molecular weight excluding hydrogens is 340 g/mol. The first kappa shape index (κ1) is 14.9. The Morgan fingerprint density at radius 1 is 1.50 bits per heavy atom. The molecule has 0 aliphatic carbocycles. The number of nitrogens with two attached hydrogens (primary N) is 1. The van der Waals surface area contributed by atoms with Gasteiger partial charge in [0.15, 0.2) is 0 Å². The minimum atomic E-state index is -0.208. The summed E-state index contributed by atoms with van der Waals surface area (Å²) in [5.74, 6) is -0.208. The molecule has 0 fully saturated rings. The number of carbonyl (C=O) groups is 1. The molecule has 0 unspecified atom stereocenters. The molecule has 20 heavy (non-hydrogen) atoms. The number of aryl methyl sites for hydroxylation is 2. The largest absolute Gasteiger partial charge is 0.397 e. The number of hydrogen-bond donors (Lipinski definition) is 2. The molecule has 0 saturated heterocycles. The Labute approximate surface area is 129 Å². The summed E-state index contributed by atoms with van der Waals surface area (Å²) in [6.07, 6.45) is 1.67. The number of anilines is 2. The van der Waals surface area contributed by atoms with Gasteiger partial charge in [-0.3, -0.25) is 4.79 Å². The number of aromatic nitrogens is 2. The number of hydrogen-bond acceptors (Lipinski definition) is 5. The predicted molar refractivity (Wildman–Crippen MR) is 85.1 cm³/mol. The van der Waals surface area contributed by atoms with Crippen LogP contribution >= 0.6 is 27.5 Å². The fraction of sp³-hybridized carbons (Fsp3) is 0.308. The minimum Gasteiger partial charge on any atom is -0.397 e. The average Bonchev–Trinajstić information content (AvgIpc) is 2.82. The van der Waals surface area contributed by atoms with Gasteiger partial charge in [0.25, 0.3) is 5.91 Å². The fourth-order valence-corrected chi connectivity index (χ4v) is 3.08. The highest BCUT2D eigenvalue weighted by atomic mass is 79.9. The van der Waals surface area contributed by atoms with E-state index >= 15 is 0 Å². The molecule has 5 nitrogen and oxygen atoms in total. The van der Waals surface area contributed by atoms with Crippen molar-refractivity contribution in [2.24, 2.45) is 0 Å². The summed E-state index contributed by atoms with van der Waals surface area (Å²) in [5.41, 5.74) is 8.75. The van der Waals surface area contributed by atoms with E-state index in [0.717, 1.165) is 40.1 Å². The monoisotopic (exact) mass is 354 g/mol. The number of halogens is 1. The molecule has 0 radical (unpaired) electrons. The molecule has 1 heterocycles. The summed E-state index contributed by atoms with van der Waals surface area (Å²) in [6, 6.07) is 3.67. The molecule has 1 aromatic carbocycles. The summed E-state index contributed by atoms with van der Waals surface area (Å²) < 4.78 is 4.74. The molecular formula is C13H15BrN4OS. The Bertz CT molecular complexity index is 618. The number of nitrogens with zero attached hydrogens (tertiary/aromatic N) is 2. The predicted octanol–water partition coefficient (Wildman–Crippen LogP) is 3.40. The highest BCUT2D eigenvalue weighted by molar-refractivity contribution is 9.10. The third-order valence-corrected chi connectivity index (χ3v) is 4.04. The van der Waals surface area contributed by atoms with Crippen molar-refractivity contribution in [3.05, 3.63) is 32.7 Å². The maximum atomic E-state index is 12.3. The number of carbonyl (C=O) groups excluding carboxylic acids is 1. The van der Waals surface area contributed by atoms with Crippen LogP contribution in [0.4, 0.5) is 11.4 Å². The molecule has 0 bridgehead atoms. The maximum absolute atomic E-state index is 12.3. The highest BCUT2D eigenvalue weighted by Crippen LogP contribution is 2.28. The summed E-state index contributed by atoms with van der Waals surface area (Å²) in [6.45, 7) is 3.94. The van der Waals surface area contributed by atoms with Crippen LogP contribution in [0.25, 0.3) is 0 Å². The second-order valence-electron chi connectivity index (χ2n) is 4.44. The van der Waals surface area contributed by atoms with Gasteiger partial charge in [-0.25, -0.2) is 0 Å². The Kier molecular flexibility index (Phi) is 4.72. The van der Waals surface area contributed by atoms with Crippen molar-refractivity contribution >= 4 is 44.7 Å². The molecule has 0 spiro atoms. The van der Waals surface area contributed by atoms with Gasteiger partial charge in [0, 0.05) is 4.47 Å². The molecule has 1 amide bonds. The lowest BCUT2D eigenvalue weighted by Crippen LogP contribution is -2.14. The highest BCUT2D eigenvalue weighted by Gasteiger charge is 2.17. The topological polar surface area (TPSA) is 80.9 Å². The van der Waals surface area contributed by atoms with Gasteiger partial charge < -0.3 is 11.1 Å². The van der Waals surface area contributed by atoms with Gasteiger partial charge in [-0.15, -0.1) is 5.10 Å². The SMILES string of the molecule is CCCc1nnsc1C(=O)Nc1c(C)cc(Br)cc1N. The van der Waals surface area contributed by atoms with E-state index in [0.29, 0.717) is 16.3 Å². The van der Waals surface area contributed by atoms with E-state index < -0.39 is 0 Å². The molecule has 0 saturated carbocycles. The molecule has 0 atom stereocenters. The quantitative estimate of drug-likeness (QED) is 0.824.